The normalized spacial score (nSPS) is 10.0. The van der Waals surface area contributed by atoms with Gasteiger partial charge in [0, 0.05) is 12.7 Å². The molecule has 0 aliphatic rings. The van der Waals surface area contributed by atoms with Crippen LogP contribution in [-0.4, -0.2) is 39.1 Å². The van der Waals surface area contributed by atoms with Crippen molar-refractivity contribution in [2.75, 3.05) is 32.2 Å². The second-order valence-electron chi connectivity index (χ2n) is 5.34. The third-order valence-electron chi connectivity index (χ3n) is 3.58. The van der Waals surface area contributed by atoms with Gasteiger partial charge in [-0.25, -0.2) is 0 Å². The first-order chi connectivity index (χ1) is 12.1. The van der Waals surface area contributed by atoms with Crippen molar-refractivity contribution in [3.63, 3.8) is 0 Å². The lowest BCUT2D eigenvalue weighted by Gasteiger charge is -2.17. The number of benzene rings is 2. The molecule has 0 fully saturated rings. The predicted molar refractivity (Wildman–Crippen MR) is 96.0 cm³/mol. The molecule has 6 heteroatoms. The lowest BCUT2D eigenvalue weighted by atomic mass is 10.2. The molecule has 0 radical (unpaired) electrons. The molecular formula is C19H22N2O4. The molecule has 0 saturated carbocycles. The van der Waals surface area contributed by atoms with Crippen molar-refractivity contribution in [3.8, 4) is 11.5 Å². The van der Waals surface area contributed by atoms with E-state index < -0.39 is 0 Å². The number of carbonyl (C=O) groups excluding carboxylic acids is 2. The Morgan fingerprint density at radius 3 is 2.28 bits per heavy atom. The topological polar surface area (TPSA) is 67.9 Å². The minimum atomic E-state index is -0.328. The third-order valence-corrected chi connectivity index (χ3v) is 3.58. The third kappa shape index (κ3) is 5.84. The number of hydrogen-bond acceptors (Lipinski definition) is 4. The summed E-state index contributed by atoms with van der Waals surface area (Å²) in [7, 11) is 3.25. The number of amides is 2. The van der Waals surface area contributed by atoms with Crippen LogP contribution >= 0.6 is 0 Å². The molecule has 0 atom stereocenters. The predicted octanol–water partition coefficient (Wildman–Crippen LogP) is 2.24. The molecule has 2 aromatic carbocycles. The molecule has 0 spiro atoms. The zero-order valence-electron chi connectivity index (χ0n) is 14.4. The van der Waals surface area contributed by atoms with E-state index >= 15 is 0 Å². The number of carbonyl (C=O) groups is 2. The summed E-state index contributed by atoms with van der Waals surface area (Å²) in [5, 5.41) is 2.68. The van der Waals surface area contributed by atoms with E-state index in [1.807, 2.05) is 30.3 Å². The number of nitrogens with zero attached hydrogens (tertiary/aromatic N) is 1. The van der Waals surface area contributed by atoms with E-state index in [2.05, 4.69) is 5.32 Å². The van der Waals surface area contributed by atoms with Gasteiger partial charge in [0.2, 0.25) is 11.8 Å². The summed E-state index contributed by atoms with van der Waals surface area (Å²) >= 11 is 0. The fourth-order valence-electron chi connectivity index (χ4n) is 2.15. The van der Waals surface area contributed by atoms with Gasteiger partial charge in [-0.1, -0.05) is 18.2 Å². The molecule has 0 unspecified atom stereocenters. The monoisotopic (exact) mass is 342 g/mol. The molecular weight excluding hydrogens is 320 g/mol. The van der Waals surface area contributed by atoms with E-state index in [-0.39, 0.29) is 18.2 Å². The van der Waals surface area contributed by atoms with Gasteiger partial charge in [0.15, 0.2) is 0 Å². The smallest absolute Gasteiger partial charge is 0.236 e. The molecule has 0 aliphatic heterocycles. The van der Waals surface area contributed by atoms with E-state index in [1.165, 1.54) is 4.90 Å². The van der Waals surface area contributed by atoms with Crippen molar-refractivity contribution < 1.29 is 19.1 Å². The molecule has 2 aromatic rings. The van der Waals surface area contributed by atoms with Gasteiger partial charge in [-0.3, -0.25) is 9.59 Å². The molecule has 0 heterocycles. The molecule has 2 rings (SSSR count). The van der Waals surface area contributed by atoms with Gasteiger partial charge in [-0.2, -0.15) is 0 Å². The van der Waals surface area contributed by atoms with Gasteiger partial charge < -0.3 is 19.7 Å². The van der Waals surface area contributed by atoms with Crippen molar-refractivity contribution in [2.24, 2.45) is 0 Å². The van der Waals surface area contributed by atoms with Gasteiger partial charge >= 0.3 is 0 Å². The van der Waals surface area contributed by atoms with Crippen molar-refractivity contribution in [1.29, 1.82) is 0 Å². The quantitative estimate of drug-likeness (QED) is 0.590. The standard InChI is InChI=1S/C19H22N2O4/c1-21(15-6-4-3-5-7-15)19(23)14-18(22)20-12-13-25-17-10-8-16(24-2)9-11-17/h3-11H,12-14H2,1-2H3,(H,20,22). The largest absolute Gasteiger partial charge is 0.497 e. The summed E-state index contributed by atoms with van der Waals surface area (Å²) in [4.78, 5) is 25.4. The average molecular weight is 342 g/mol. The molecule has 0 bridgehead atoms. The highest BCUT2D eigenvalue weighted by molar-refractivity contribution is 6.04. The first kappa shape index (κ1) is 18.3. The summed E-state index contributed by atoms with van der Waals surface area (Å²) < 4.78 is 10.6. The average Bonchev–Trinajstić information content (AvgIpc) is 2.65. The summed E-state index contributed by atoms with van der Waals surface area (Å²) in [6.07, 6.45) is -0.200. The second kappa shape index (κ2) is 9.32. The Morgan fingerprint density at radius 1 is 1.00 bits per heavy atom. The Balaban J connectivity index is 1.68. The fraction of sp³-hybridized carbons (Fsp3) is 0.263. The van der Waals surface area contributed by atoms with Crippen LogP contribution in [-0.2, 0) is 9.59 Å². The summed E-state index contributed by atoms with van der Waals surface area (Å²) in [6.45, 7) is 0.647. The van der Waals surface area contributed by atoms with Crippen LogP contribution in [0.1, 0.15) is 6.42 Å². The number of nitrogens with one attached hydrogen (secondary N) is 1. The van der Waals surface area contributed by atoms with E-state index in [9.17, 15) is 9.59 Å². The summed E-state index contributed by atoms with van der Waals surface area (Å²) in [5.41, 5.74) is 0.753. The number of hydrogen-bond donors (Lipinski definition) is 1. The summed E-state index contributed by atoms with van der Waals surface area (Å²) in [5.74, 6) is 0.850. The maximum absolute atomic E-state index is 12.1. The number of rotatable bonds is 8. The van der Waals surface area contributed by atoms with Crippen LogP contribution in [0.15, 0.2) is 54.6 Å². The van der Waals surface area contributed by atoms with E-state index in [1.54, 1.807) is 38.4 Å². The Hall–Kier alpha value is -3.02. The van der Waals surface area contributed by atoms with E-state index in [0.717, 1.165) is 11.4 Å². The van der Waals surface area contributed by atoms with Gasteiger partial charge in [-0.05, 0) is 36.4 Å². The fourth-order valence-corrected chi connectivity index (χ4v) is 2.15. The van der Waals surface area contributed by atoms with E-state index in [0.29, 0.717) is 18.9 Å². The molecule has 2 amide bonds. The number of methoxy groups -OCH3 is 1. The molecule has 0 aliphatic carbocycles. The molecule has 25 heavy (non-hydrogen) atoms. The Bertz CT molecular complexity index is 686. The minimum absolute atomic E-state index is 0.200. The highest BCUT2D eigenvalue weighted by Gasteiger charge is 2.14. The van der Waals surface area contributed by atoms with Gasteiger partial charge in [0.1, 0.15) is 24.5 Å². The zero-order valence-corrected chi connectivity index (χ0v) is 14.4. The number of anilines is 1. The van der Waals surface area contributed by atoms with Crippen LogP contribution in [0.3, 0.4) is 0 Å². The van der Waals surface area contributed by atoms with Crippen LogP contribution in [0.4, 0.5) is 5.69 Å². The molecule has 0 saturated heterocycles. The SMILES string of the molecule is COc1ccc(OCCNC(=O)CC(=O)N(C)c2ccccc2)cc1. The lowest BCUT2D eigenvalue weighted by molar-refractivity contribution is -0.127. The van der Waals surface area contributed by atoms with Gasteiger partial charge in [0.05, 0.1) is 13.7 Å². The maximum Gasteiger partial charge on any atom is 0.236 e. The van der Waals surface area contributed by atoms with Crippen molar-refractivity contribution >= 4 is 17.5 Å². The first-order valence-corrected chi connectivity index (χ1v) is 7.95. The van der Waals surface area contributed by atoms with E-state index in [4.69, 9.17) is 9.47 Å². The minimum Gasteiger partial charge on any atom is -0.497 e. The van der Waals surface area contributed by atoms with Crippen molar-refractivity contribution in [1.82, 2.24) is 5.32 Å². The lowest BCUT2D eigenvalue weighted by Crippen LogP contribution is -2.34. The van der Waals surface area contributed by atoms with Crippen LogP contribution in [0.25, 0.3) is 0 Å². The van der Waals surface area contributed by atoms with Crippen LogP contribution in [0.2, 0.25) is 0 Å². The maximum atomic E-state index is 12.1. The van der Waals surface area contributed by atoms with Crippen molar-refractivity contribution in [2.45, 2.75) is 6.42 Å². The zero-order chi connectivity index (χ0) is 18.1. The Kier molecular flexibility index (Phi) is 6.83. The van der Waals surface area contributed by atoms with Gasteiger partial charge in [0.25, 0.3) is 0 Å². The van der Waals surface area contributed by atoms with Crippen LogP contribution in [0, 0.1) is 0 Å². The molecule has 0 aromatic heterocycles. The number of ether oxygens (including phenoxy) is 2. The molecule has 132 valence electrons. The summed E-state index contributed by atoms with van der Waals surface area (Å²) in [6, 6.07) is 16.4. The molecule has 1 N–H and O–H groups in total. The molecule has 6 nitrogen and oxygen atoms in total. The highest BCUT2D eigenvalue weighted by Crippen LogP contribution is 2.16. The Morgan fingerprint density at radius 2 is 1.64 bits per heavy atom. The highest BCUT2D eigenvalue weighted by atomic mass is 16.5. The second-order valence-corrected chi connectivity index (χ2v) is 5.34. The Labute approximate surface area is 147 Å². The van der Waals surface area contributed by atoms with Crippen LogP contribution < -0.4 is 19.7 Å². The van der Waals surface area contributed by atoms with Crippen molar-refractivity contribution in [3.05, 3.63) is 54.6 Å². The number of para-hydroxylation sites is 1. The van der Waals surface area contributed by atoms with Gasteiger partial charge in [-0.15, -0.1) is 0 Å². The first-order valence-electron chi connectivity index (χ1n) is 7.95. The van der Waals surface area contributed by atoms with Crippen LogP contribution in [0.5, 0.6) is 11.5 Å².